The van der Waals surface area contributed by atoms with Gasteiger partial charge in [-0.25, -0.2) is 14.0 Å². The van der Waals surface area contributed by atoms with Gasteiger partial charge in [-0.05, 0) is 59.5 Å². The zero-order valence-corrected chi connectivity index (χ0v) is 20.4. The summed E-state index contributed by atoms with van der Waals surface area (Å²) < 4.78 is 29.9. The van der Waals surface area contributed by atoms with Crippen LogP contribution in [0.4, 0.5) is 4.39 Å². The van der Waals surface area contributed by atoms with Crippen molar-refractivity contribution in [2.75, 3.05) is 13.2 Å². The molecule has 36 heavy (non-hydrogen) atoms. The molecule has 3 rings (SSSR count). The molecule has 0 saturated carbocycles. The van der Waals surface area contributed by atoms with Crippen molar-refractivity contribution < 1.29 is 33.0 Å². The summed E-state index contributed by atoms with van der Waals surface area (Å²) >= 11 is 0. The van der Waals surface area contributed by atoms with Gasteiger partial charge in [0.05, 0.1) is 11.5 Å². The summed E-state index contributed by atoms with van der Waals surface area (Å²) in [5.74, 6) is -2.22. The van der Waals surface area contributed by atoms with Gasteiger partial charge < -0.3 is 14.2 Å². The molecule has 0 heterocycles. The van der Waals surface area contributed by atoms with E-state index in [-0.39, 0.29) is 36.2 Å². The highest BCUT2D eigenvalue weighted by molar-refractivity contribution is 5.90. The molecule has 3 aromatic rings. The van der Waals surface area contributed by atoms with Gasteiger partial charge in [0.1, 0.15) is 24.8 Å². The van der Waals surface area contributed by atoms with Crippen LogP contribution >= 0.6 is 0 Å². The monoisotopic (exact) mass is 490 g/mol. The number of benzene rings is 3. The number of ether oxygens (including phenoxy) is 3. The van der Waals surface area contributed by atoms with Gasteiger partial charge in [-0.3, -0.25) is 4.79 Å². The molecule has 0 saturated heterocycles. The van der Waals surface area contributed by atoms with E-state index >= 15 is 0 Å². The van der Waals surface area contributed by atoms with Gasteiger partial charge in [0.15, 0.2) is 0 Å². The van der Waals surface area contributed by atoms with Crippen LogP contribution in [0.1, 0.15) is 31.1 Å². The van der Waals surface area contributed by atoms with Gasteiger partial charge in [0, 0.05) is 5.57 Å². The number of carbonyl (C=O) groups is 3. The summed E-state index contributed by atoms with van der Waals surface area (Å²) in [4.78, 5) is 35.3. The Hall–Kier alpha value is -4.26. The van der Waals surface area contributed by atoms with Crippen LogP contribution in [-0.2, 0) is 19.1 Å². The highest BCUT2D eigenvalue weighted by Crippen LogP contribution is 2.29. The van der Waals surface area contributed by atoms with Gasteiger partial charge in [-0.2, -0.15) is 0 Å². The maximum Gasteiger partial charge on any atom is 0.341 e. The Bertz CT molecular complexity index is 1280. The van der Waals surface area contributed by atoms with Gasteiger partial charge >= 0.3 is 17.9 Å². The van der Waals surface area contributed by atoms with Crippen LogP contribution in [0.2, 0.25) is 0 Å². The van der Waals surface area contributed by atoms with Crippen molar-refractivity contribution in [2.45, 2.75) is 20.8 Å². The van der Waals surface area contributed by atoms with Crippen LogP contribution in [-0.4, -0.2) is 31.1 Å². The molecule has 0 fully saturated rings. The molecular weight excluding hydrogens is 463 g/mol. The normalized spacial score (nSPS) is 10.6. The van der Waals surface area contributed by atoms with Crippen LogP contribution in [0.5, 0.6) is 5.75 Å². The predicted octanol–water partition coefficient (Wildman–Crippen LogP) is 6.00. The molecule has 0 unspecified atom stereocenters. The first kappa shape index (κ1) is 26.3. The van der Waals surface area contributed by atoms with E-state index in [1.54, 1.807) is 32.0 Å². The Morgan fingerprint density at radius 1 is 0.833 bits per heavy atom. The Kier molecular flexibility index (Phi) is 8.73. The van der Waals surface area contributed by atoms with E-state index in [0.29, 0.717) is 11.3 Å². The smallest absolute Gasteiger partial charge is 0.341 e. The van der Waals surface area contributed by atoms with Crippen LogP contribution in [0, 0.1) is 11.7 Å². The van der Waals surface area contributed by atoms with E-state index in [0.717, 1.165) is 16.7 Å². The van der Waals surface area contributed by atoms with E-state index in [4.69, 9.17) is 14.2 Å². The fraction of sp³-hybridized carbons (Fsp3) is 0.207. The minimum absolute atomic E-state index is 0.148. The first-order valence-corrected chi connectivity index (χ1v) is 11.4. The molecule has 6 nitrogen and oxygen atoms in total. The quantitative estimate of drug-likeness (QED) is 0.159. The molecule has 0 atom stereocenters. The molecule has 0 aromatic heterocycles. The molecule has 0 radical (unpaired) electrons. The average Bonchev–Trinajstić information content (AvgIpc) is 2.86. The molecule has 0 N–H and O–H groups in total. The molecule has 7 heteroatoms. The third-order valence-corrected chi connectivity index (χ3v) is 5.16. The zero-order valence-electron chi connectivity index (χ0n) is 20.4. The minimum atomic E-state index is -0.850. The standard InChI is InChI=1S/C29H27FO6/c1-18(2)27(31)34-14-15-35-29(33)25-13-10-23(17-26(25)30)22-7-5-6-21(16-22)20-8-11-24(12-9-20)36-28(32)19(3)4/h5-13,16-17,19H,1,14-15H2,2-4H3. The maximum atomic E-state index is 14.7. The number of carbonyl (C=O) groups excluding carboxylic acids is 3. The summed E-state index contributed by atoms with van der Waals surface area (Å²) in [6, 6.07) is 18.9. The van der Waals surface area contributed by atoms with Crippen molar-refractivity contribution in [3.63, 3.8) is 0 Å². The first-order chi connectivity index (χ1) is 17.2. The lowest BCUT2D eigenvalue weighted by molar-refractivity contribution is -0.140. The van der Waals surface area contributed by atoms with E-state index in [2.05, 4.69) is 6.58 Å². The van der Waals surface area contributed by atoms with Crippen LogP contribution in [0.25, 0.3) is 22.3 Å². The van der Waals surface area contributed by atoms with Crippen LogP contribution in [0.15, 0.2) is 78.9 Å². The van der Waals surface area contributed by atoms with Gasteiger partial charge in [-0.15, -0.1) is 0 Å². The molecule has 0 aliphatic rings. The van der Waals surface area contributed by atoms with E-state index < -0.39 is 17.8 Å². The third kappa shape index (κ3) is 6.88. The Morgan fingerprint density at radius 3 is 2.03 bits per heavy atom. The summed E-state index contributed by atoms with van der Waals surface area (Å²) in [6.45, 7) is 8.15. The van der Waals surface area contributed by atoms with Crippen molar-refractivity contribution in [1.82, 2.24) is 0 Å². The highest BCUT2D eigenvalue weighted by atomic mass is 19.1. The van der Waals surface area contributed by atoms with Crippen molar-refractivity contribution >= 4 is 17.9 Å². The maximum absolute atomic E-state index is 14.7. The summed E-state index contributed by atoms with van der Waals surface area (Å²) in [5.41, 5.74) is 3.15. The lowest BCUT2D eigenvalue weighted by atomic mass is 9.98. The van der Waals surface area contributed by atoms with Crippen LogP contribution in [0.3, 0.4) is 0 Å². The van der Waals surface area contributed by atoms with E-state index in [1.807, 2.05) is 36.4 Å². The number of hydrogen-bond donors (Lipinski definition) is 0. The lowest BCUT2D eigenvalue weighted by Gasteiger charge is -2.10. The molecule has 0 spiro atoms. The number of esters is 3. The van der Waals surface area contributed by atoms with Crippen molar-refractivity contribution in [3.8, 4) is 28.0 Å². The van der Waals surface area contributed by atoms with Gasteiger partial charge in [0.25, 0.3) is 0 Å². The minimum Gasteiger partial charge on any atom is -0.459 e. The second-order valence-corrected chi connectivity index (χ2v) is 8.43. The fourth-order valence-electron chi connectivity index (χ4n) is 3.16. The average molecular weight is 491 g/mol. The summed E-state index contributed by atoms with van der Waals surface area (Å²) in [6.07, 6.45) is 0. The Balaban J connectivity index is 1.68. The second-order valence-electron chi connectivity index (χ2n) is 8.43. The molecular formula is C29H27FO6. The van der Waals surface area contributed by atoms with Crippen molar-refractivity contribution in [1.29, 1.82) is 0 Å². The number of halogens is 1. The molecule has 0 bridgehead atoms. The molecule has 0 aliphatic heterocycles. The van der Waals surface area contributed by atoms with Crippen molar-refractivity contribution in [3.05, 3.63) is 90.3 Å². The Labute approximate surface area is 209 Å². The van der Waals surface area contributed by atoms with Gasteiger partial charge in [0.2, 0.25) is 0 Å². The van der Waals surface area contributed by atoms with E-state index in [1.165, 1.54) is 19.1 Å². The van der Waals surface area contributed by atoms with Gasteiger partial charge in [-0.1, -0.05) is 56.8 Å². The highest BCUT2D eigenvalue weighted by Gasteiger charge is 2.15. The molecule has 0 amide bonds. The molecule has 186 valence electrons. The number of rotatable bonds is 9. The molecule has 0 aliphatic carbocycles. The lowest BCUT2D eigenvalue weighted by Crippen LogP contribution is -2.15. The van der Waals surface area contributed by atoms with Crippen LogP contribution < -0.4 is 4.74 Å². The molecule has 3 aromatic carbocycles. The third-order valence-electron chi connectivity index (χ3n) is 5.16. The Morgan fingerprint density at radius 2 is 1.42 bits per heavy atom. The fourth-order valence-corrected chi connectivity index (χ4v) is 3.16. The topological polar surface area (TPSA) is 78.9 Å². The largest absolute Gasteiger partial charge is 0.459 e. The van der Waals surface area contributed by atoms with E-state index in [9.17, 15) is 18.8 Å². The zero-order chi connectivity index (χ0) is 26.2. The summed E-state index contributed by atoms with van der Waals surface area (Å²) in [5, 5.41) is 0. The first-order valence-electron chi connectivity index (χ1n) is 11.4. The predicted molar refractivity (Wildman–Crippen MR) is 134 cm³/mol. The van der Waals surface area contributed by atoms with Crippen molar-refractivity contribution in [2.24, 2.45) is 5.92 Å². The SMILES string of the molecule is C=C(C)C(=O)OCCOC(=O)c1ccc(-c2cccc(-c3ccc(OC(=O)C(C)C)cc3)c2)cc1F. The second kappa shape index (κ2) is 11.9. The number of hydrogen-bond acceptors (Lipinski definition) is 6. The summed E-state index contributed by atoms with van der Waals surface area (Å²) in [7, 11) is 0.